The zero-order valence-electron chi connectivity index (χ0n) is 12.0. The Hall–Kier alpha value is -2.39. The Kier molecular flexibility index (Phi) is 3.28. The molecule has 108 valence electrons. The highest BCUT2D eigenvalue weighted by Gasteiger charge is 2.42. The van der Waals surface area contributed by atoms with Gasteiger partial charge in [-0.05, 0) is 11.4 Å². The number of thiophene rings is 1. The molecule has 2 nitrogen and oxygen atoms in total. The van der Waals surface area contributed by atoms with Gasteiger partial charge in [0.2, 0.25) is 5.90 Å². The van der Waals surface area contributed by atoms with Crippen LogP contribution in [0.5, 0.6) is 0 Å². The van der Waals surface area contributed by atoms with Crippen LogP contribution in [0.25, 0.3) is 0 Å². The molecule has 0 unspecified atom stereocenters. The van der Waals surface area contributed by atoms with E-state index in [1.165, 1.54) is 0 Å². The first-order valence-corrected chi connectivity index (χ1v) is 8.15. The smallest absolute Gasteiger partial charge is 0.227 e. The average Bonchev–Trinajstić information content (AvgIpc) is 3.27. The van der Waals surface area contributed by atoms with Gasteiger partial charge < -0.3 is 4.74 Å². The predicted molar refractivity (Wildman–Crippen MR) is 90.5 cm³/mol. The third-order valence-corrected chi connectivity index (χ3v) is 4.79. The molecule has 0 fully saturated rings. The number of hydrogen-bond donors (Lipinski definition) is 0. The summed E-state index contributed by atoms with van der Waals surface area (Å²) in [7, 11) is 0. The van der Waals surface area contributed by atoms with Gasteiger partial charge in [-0.3, -0.25) is 0 Å². The van der Waals surface area contributed by atoms with Gasteiger partial charge in [0.25, 0.3) is 0 Å². The topological polar surface area (TPSA) is 21.6 Å². The lowest BCUT2D eigenvalue weighted by molar-refractivity contribution is 0.133. The zero-order chi connectivity index (χ0) is 14.8. The zero-order valence-corrected chi connectivity index (χ0v) is 12.8. The van der Waals surface area contributed by atoms with Crippen LogP contribution >= 0.6 is 11.3 Å². The van der Waals surface area contributed by atoms with Crippen molar-refractivity contribution >= 4 is 17.2 Å². The molecule has 0 amide bonds. The Bertz CT molecular complexity index is 739. The van der Waals surface area contributed by atoms with Crippen LogP contribution in [0.1, 0.15) is 16.0 Å². The first-order chi connectivity index (χ1) is 10.9. The summed E-state index contributed by atoms with van der Waals surface area (Å²) >= 11 is 1.66. The Balaban J connectivity index is 1.80. The molecule has 4 rings (SSSR count). The molecule has 0 N–H and O–H groups in total. The van der Waals surface area contributed by atoms with Crippen molar-refractivity contribution in [1.29, 1.82) is 0 Å². The van der Waals surface area contributed by atoms with Crippen molar-refractivity contribution in [1.82, 2.24) is 0 Å². The second-order valence-electron chi connectivity index (χ2n) is 5.26. The van der Waals surface area contributed by atoms with Crippen LogP contribution in [0.4, 0.5) is 0 Å². The molecule has 2 heterocycles. The third kappa shape index (κ3) is 2.14. The number of ether oxygens (including phenoxy) is 1. The fourth-order valence-electron chi connectivity index (χ4n) is 2.82. The second-order valence-corrected chi connectivity index (χ2v) is 6.21. The molecule has 22 heavy (non-hydrogen) atoms. The van der Waals surface area contributed by atoms with Crippen molar-refractivity contribution in [3.8, 4) is 0 Å². The number of hydrogen-bond acceptors (Lipinski definition) is 3. The van der Waals surface area contributed by atoms with E-state index >= 15 is 0 Å². The Morgan fingerprint density at radius 1 is 0.818 bits per heavy atom. The summed E-state index contributed by atoms with van der Waals surface area (Å²) in [6, 6.07) is 24.8. The summed E-state index contributed by atoms with van der Waals surface area (Å²) in [5.74, 6) is 0.739. The Labute approximate surface area is 133 Å². The molecule has 0 aliphatic carbocycles. The molecular formula is C19H15NOS. The molecule has 1 aromatic heterocycles. The van der Waals surface area contributed by atoms with Crippen molar-refractivity contribution in [2.24, 2.45) is 4.99 Å². The largest absolute Gasteiger partial charge is 0.458 e. The van der Waals surface area contributed by atoms with Crippen LogP contribution in [0.2, 0.25) is 0 Å². The van der Waals surface area contributed by atoms with Gasteiger partial charge in [0.15, 0.2) is 5.60 Å². The third-order valence-electron chi connectivity index (χ3n) is 3.93. The Morgan fingerprint density at radius 3 is 2.00 bits per heavy atom. The van der Waals surface area contributed by atoms with Crippen LogP contribution in [-0.2, 0) is 10.3 Å². The van der Waals surface area contributed by atoms with E-state index in [-0.39, 0.29) is 0 Å². The summed E-state index contributed by atoms with van der Waals surface area (Å²) in [6.45, 7) is 0.605. The lowest BCUT2D eigenvalue weighted by Gasteiger charge is -2.29. The Morgan fingerprint density at radius 2 is 1.45 bits per heavy atom. The van der Waals surface area contributed by atoms with E-state index in [1.54, 1.807) is 11.3 Å². The molecule has 0 spiro atoms. The van der Waals surface area contributed by atoms with Gasteiger partial charge in [-0.15, -0.1) is 11.3 Å². The maximum absolute atomic E-state index is 6.43. The highest BCUT2D eigenvalue weighted by atomic mass is 32.1. The molecule has 0 bridgehead atoms. The van der Waals surface area contributed by atoms with Crippen LogP contribution in [0.15, 0.2) is 83.2 Å². The van der Waals surface area contributed by atoms with E-state index in [1.807, 2.05) is 47.8 Å². The molecule has 0 saturated heterocycles. The SMILES string of the molecule is c1ccc(C2(c3ccccc3)CN=C(c3cccs3)O2)cc1. The number of benzene rings is 2. The summed E-state index contributed by atoms with van der Waals surface area (Å²) in [6.07, 6.45) is 0. The van der Waals surface area contributed by atoms with Crippen molar-refractivity contribution in [2.75, 3.05) is 6.54 Å². The van der Waals surface area contributed by atoms with Crippen molar-refractivity contribution in [3.63, 3.8) is 0 Å². The van der Waals surface area contributed by atoms with Crippen molar-refractivity contribution in [3.05, 3.63) is 94.2 Å². The standard InChI is InChI=1S/C19H15NOS/c1-3-8-15(9-4-1)19(16-10-5-2-6-11-16)14-20-18(21-19)17-12-7-13-22-17/h1-13H,14H2. The summed E-state index contributed by atoms with van der Waals surface area (Å²) in [5.41, 5.74) is 1.75. The maximum atomic E-state index is 6.43. The van der Waals surface area contributed by atoms with Gasteiger partial charge in [0.1, 0.15) is 0 Å². The molecule has 0 saturated carbocycles. The molecule has 3 heteroatoms. The molecule has 2 aromatic carbocycles. The van der Waals surface area contributed by atoms with E-state index in [0.29, 0.717) is 6.54 Å². The second kappa shape index (κ2) is 5.43. The predicted octanol–water partition coefficient (Wildman–Crippen LogP) is 4.47. The minimum atomic E-state index is -0.526. The molecular weight excluding hydrogens is 290 g/mol. The van der Waals surface area contributed by atoms with Gasteiger partial charge in [-0.2, -0.15) is 0 Å². The first kappa shape index (κ1) is 13.3. The highest BCUT2D eigenvalue weighted by molar-refractivity contribution is 7.12. The molecule has 0 atom stereocenters. The van der Waals surface area contributed by atoms with E-state index in [9.17, 15) is 0 Å². The number of nitrogens with zero attached hydrogens (tertiary/aromatic N) is 1. The van der Waals surface area contributed by atoms with Gasteiger partial charge in [0.05, 0.1) is 11.4 Å². The number of rotatable bonds is 3. The molecule has 1 aliphatic heterocycles. The summed E-state index contributed by atoms with van der Waals surface area (Å²) in [4.78, 5) is 5.77. The molecule has 0 radical (unpaired) electrons. The highest BCUT2D eigenvalue weighted by Crippen LogP contribution is 2.39. The van der Waals surface area contributed by atoms with Gasteiger partial charge in [0, 0.05) is 11.1 Å². The summed E-state index contributed by atoms with van der Waals surface area (Å²) < 4.78 is 6.43. The van der Waals surface area contributed by atoms with E-state index < -0.39 is 5.60 Å². The van der Waals surface area contributed by atoms with E-state index in [4.69, 9.17) is 4.74 Å². The molecule has 1 aliphatic rings. The lowest BCUT2D eigenvalue weighted by Crippen LogP contribution is -2.31. The quantitative estimate of drug-likeness (QED) is 0.699. The van der Waals surface area contributed by atoms with Crippen LogP contribution in [0, 0.1) is 0 Å². The molecule has 3 aromatic rings. The van der Waals surface area contributed by atoms with Gasteiger partial charge in [-0.25, -0.2) is 4.99 Å². The fraction of sp³-hybridized carbons (Fsp3) is 0.105. The van der Waals surface area contributed by atoms with Crippen LogP contribution in [-0.4, -0.2) is 12.4 Å². The van der Waals surface area contributed by atoms with Crippen LogP contribution < -0.4 is 0 Å². The minimum absolute atomic E-state index is 0.526. The van der Waals surface area contributed by atoms with Gasteiger partial charge in [-0.1, -0.05) is 66.7 Å². The number of aliphatic imine (C=N–C) groups is 1. The minimum Gasteiger partial charge on any atom is -0.458 e. The van der Waals surface area contributed by atoms with Crippen molar-refractivity contribution < 1.29 is 4.74 Å². The first-order valence-electron chi connectivity index (χ1n) is 7.27. The van der Waals surface area contributed by atoms with E-state index in [0.717, 1.165) is 21.9 Å². The fourth-order valence-corrected chi connectivity index (χ4v) is 3.49. The van der Waals surface area contributed by atoms with Gasteiger partial charge >= 0.3 is 0 Å². The van der Waals surface area contributed by atoms with Crippen LogP contribution in [0.3, 0.4) is 0 Å². The van der Waals surface area contributed by atoms with E-state index in [2.05, 4.69) is 35.3 Å². The normalized spacial score (nSPS) is 16.1. The monoisotopic (exact) mass is 305 g/mol. The average molecular weight is 305 g/mol. The maximum Gasteiger partial charge on any atom is 0.227 e. The van der Waals surface area contributed by atoms with Crippen molar-refractivity contribution in [2.45, 2.75) is 5.60 Å². The lowest BCUT2D eigenvalue weighted by atomic mass is 9.86. The summed E-state index contributed by atoms with van der Waals surface area (Å²) in [5, 5.41) is 2.05.